The minimum Gasteiger partial charge on any atom is -0.467 e. The Kier molecular flexibility index (Phi) is 5.31. The first-order valence-corrected chi connectivity index (χ1v) is 11.2. The highest BCUT2D eigenvalue weighted by atomic mass is 32.1. The van der Waals surface area contributed by atoms with Gasteiger partial charge in [0.15, 0.2) is 5.11 Å². The van der Waals surface area contributed by atoms with Crippen LogP contribution in [-0.4, -0.2) is 14.7 Å². The van der Waals surface area contributed by atoms with Crippen molar-refractivity contribution in [2.45, 2.75) is 39.4 Å². The molecule has 162 valence electrons. The van der Waals surface area contributed by atoms with Crippen LogP contribution < -0.4 is 10.2 Å². The summed E-state index contributed by atoms with van der Waals surface area (Å²) >= 11 is 5.86. The van der Waals surface area contributed by atoms with Crippen LogP contribution in [0.3, 0.4) is 0 Å². The van der Waals surface area contributed by atoms with Crippen LogP contribution in [0.25, 0.3) is 0 Å². The van der Waals surface area contributed by atoms with Gasteiger partial charge >= 0.3 is 0 Å². The fourth-order valence-corrected chi connectivity index (χ4v) is 5.00. The molecule has 1 fully saturated rings. The lowest BCUT2D eigenvalue weighted by molar-refractivity contribution is 0.488. The number of aromatic nitrogens is 2. The molecule has 0 saturated carbocycles. The van der Waals surface area contributed by atoms with Gasteiger partial charge in [0.25, 0.3) is 0 Å². The van der Waals surface area contributed by atoms with Crippen molar-refractivity contribution in [3.05, 3.63) is 107 Å². The minimum absolute atomic E-state index is 0.0178. The van der Waals surface area contributed by atoms with Crippen LogP contribution in [0.2, 0.25) is 0 Å². The van der Waals surface area contributed by atoms with Crippen molar-refractivity contribution in [3.63, 3.8) is 0 Å². The predicted octanol–water partition coefficient (Wildman–Crippen LogP) is 5.63. The van der Waals surface area contributed by atoms with Gasteiger partial charge in [0.05, 0.1) is 30.6 Å². The zero-order valence-electron chi connectivity index (χ0n) is 18.4. The average Bonchev–Trinajstić information content (AvgIpc) is 3.49. The number of furan rings is 1. The SMILES string of the molecule is Cc1cccc(N2C(=S)NC(c3ccccn3)C2c2cc(C)n(Cc3ccco3)c2C)c1. The van der Waals surface area contributed by atoms with Gasteiger partial charge in [-0.15, -0.1) is 0 Å². The van der Waals surface area contributed by atoms with Crippen LogP contribution in [0.1, 0.15) is 46.1 Å². The average molecular weight is 443 g/mol. The van der Waals surface area contributed by atoms with E-state index in [1.54, 1.807) is 6.26 Å². The van der Waals surface area contributed by atoms with Gasteiger partial charge in [-0.3, -0.25) is 4.98 Å². The van der Waals surface area contributed by atoms with Gasteiger partial charge in [0.1, 0.15) is 5.76 Å². The summed E-state index contributed by atoms with van der Waals surface area (Å²) in [6.07, 6.45) is 3.56. The second-order valence-electron chi connectivity index (χ2n) is 8.33. The second kappa shape index (κ2) is 8.28. The molecule has 1 N–H and O–H groups in total. The standard InChI is InChI=1S/C26H26N4OS/c1-17-8-6-9-20(14-17)30-25(24(28-26(30)32)23-11-4-5-12-27-23)22-15-18(2)29(19(22)3)16-21-10-7-13-31-21/h4-15,24-25H,16H2,1-3H3,(H,28,32). The van der Waals surface area contributed by atoms with E-state index in [1.165, 1.54) is 22.5 Å². The molecule has 6 heteroatoms. The maximum atomic E-state index is 5.86. The summed E-state index contributed by atoms with van der Waals surface area (Å²) in [7, 11) is 0. The van der Waals surface area contributed by atoms with E-state index in [1.807, 2.05) is 30.5 Å². The third kappa shape index (κ3) is 3.60. The Morgan fingerprint density at radius 1 is 1.03 bits per heavy atom. The Morgan fingerprint density at radius 2 is 1.91 bits per heavy atom. The largest absolute Gasteiger partial charge is 0.467 e. The molecule has 3 aromatic heterocycles. The molecule has 0 amide bonds. The first-order valence-electron chi connectivity index (χ1n) is 10.8. The number of aryl methyl sites for hydroxylation is 2. The quantitative estimate of drug-likeness (QED) is 0.406. The van der Waals surface area contributed by atoms with E-state index in [9.17, 15) is 0 Å². The van der Waals surface area contributed by atoms with Crippen LogP contribution in [0.15, 0.2) is 77.5 Å². The Morgan fingerprint density at radius 3 is 2.62 bits per heavy atom. The number of rotatable bonds is 5. The molecule has 5 nitrogen and oxygen atoms in total. The van der Waals surface area contributed by atoms with E-state index >= 15 is 0 Å². The topological polar surface area (TPSA) is 46.2 Å². The van der Waals surface area contributed by atoms with Crippen molar-refractivity contribution < 1.29 is 4.42 Å². The van der Waals surface area contributed by atoms with Gasteiger partial charge in [-0.05, 0) is 86.6 Å². The fourth-order valence-electron chi connectivity index (χ4n) is 4.66. The van der Waals surface area contributed by atoms with Crippen LogP contribution in [0.4, 0.5) is 5.69 Å². The molecule has 0 spiro atoms. The van der Waals surface area contributed by atoms with Crippen molar-refractivity contribution in [2.24, 2.45) is 0 Å². The zero-order chi connectivity index (χ0) is 22.2. The Bertz CT molecular complexity index is 1250. The predicted molar refractivity (Wildman–Crippen MR) is 131 cm³/mol. The molecule has 2 unspecified atom stereocenters. The summed E-state index contributed by atoms with van der Waals surface area (Å²) in [5.74, 6) is 0.940. The van der Waals surface area contributed by atoms with E-state index in [0.29, 0.717) is 11.7 Å². The van der Waals surface area contributed by atoms with E-state index in [-0.39, 0.29) is 12.1 Å². The van der Waals surface area contributed by atoms with Crippen LogP contribution in [0, 0.1) is 20.8 Å². The maximum absolute atomic E-state index is 5.86. The van der Waals surface area contributed by atoms with E-state index in [0.717, 1.165) is 17.1 Å². The first kappa shape index (κ1) is 20.5. The highest BCUT2D eigenvalue weighted by Gasteiger charge is 2.42. The highest BCUT2D eigenvalue weighted by Crippen LogP contribution is 2.43. The summed E-state index contributed by atoms with van der Waals surface area (Å²) in [6, 6.07) is 20.7. The van der Waals surface area contributed by atoms with Crippen molar-refractivity contribution in [2.75, 3.05) is 4.90 Å². The lowest BCUT2D eigenvalue weighted by Crippen LogP contribution is -2.29. The first-order chi connectivity index (χ1) is 15.5. The third-order valence-corrected chi connectivity index (χ3v) is 6.52. The molecular weight excluding hydrogens is 416 g/mol. The fraction of sp³-hybridized carbons (Fsp3) is 0.231. The molecule has 5 rings (SSSR count). The number of thiocarbonyl (C=S) groups is 1. The van der Waals surface area contributed by atoms with E-state index in [2.05, 4.69) is 76.9 Å². The van der Waals surface area contributed by atoms with Gasteiger partial charge in [0.2, 0.25) is 0 Å². The molecule has 4 heterocycles. The Labute approximate surface area is 193 Å². The number of anilines is 1. The molecule has 1 aliphatic heterocycles. The summed E-state index contributed by atoms with van der Waals surface area (Å²) in [4.78, 5) is 6.90. The van der Waals surface area contributed by atoms with Crippen molar-refractivity contribution >= 4 is 23.0 Å². The summed E-state index contributed by atoms with van der Waals surface area (Å²) in [5, 5.41) is 4.27. The number of nitrogens with one attached hydrogen (secondary N) is 1. The summed E-state index contributed by atoms with van der Waals surface area (Å²) in [5.41, 5.74) is 6.89. The smallest absolute Gasteiger partial charge is 0.174 e. The molecule has 1 aromatic carbocycles. The van der Waals surface area contributed by atoms with Gasteiger partial charge in [-0.2, -0.15) is 0 Å². The molecule has 1 aliphatic rings. The molecule has 0 aliphatic carbocycles. The Balaban J connectivity index is 1.63. The molecule has 1 saturated heterocycles. The summed E-state index contributed by atoms with van der Waals surface area (Å²) < 4.78 is 7.92. The molecule has 0 bridgehead atoms. The summed E-state index contributed by atoms with van der Waals surface area (Å²) in [6.45, 7) is 7.13. The van der Waals surface area contributed by atoms with Gasteiger partial charge in [-0.1, -0.05) is 18.2 Å². The highest BCUT2D eigenvalue weighted by molar-refractivity contribution is 7.80. The molecule has 32 heavy (non-hydrogen) atoms. The molecule has 4 aromatic rings. The molecule has 2 atom stereocenters. The molecular formula is C26H26N4OS. The van der Waals surface area contributed by atoms with Crippen molar-refractivity contribution in [3.8, 4) is 0 Å². The van der Waals surface area contributed by atoms with Gasteiger partial charge < -0.3 is 19.2 Å². The van der Waals surface area contributed by atoms with Gasteiger partial charge in [-0.25, -0.2) is 0 Å². The number of hydrogen-bond acceptors (Lipinski definition) is 3. The lowest BCUT2D eigenvalue weighted by atomic mass is 9.96. The van der Waals surface area contributed by atoms with E-state index in [4.69, 9.17) is 16.6 Å². The Hall–Kier alpha value is -3.38. The molecule has 0 radical (unpaired) electrons. The maximum Gasteiger partial charge on any atom is 0.174 e. The minimum atomic E-state index is -0.0539. The van der Waals surface area contributed by atoms with Crippen LogP contribution >= 0.6 is 12.2 Å². The third-order valence-electron chi connectivity index (χ3n) is 6.20. The monoisotopic (exact) mass is 442 g/mol. The number of pyridine rings is 1. The lowest BCUT2D eigenvalue weighted by Gasteiger charge is -2.28. The zero-order valence-corrected chi connectivity index (χ0v) is 19.3. The van der Waals surface area contributed by atoms with Crippen molar-refractivity contribution in [1.29, 1.82) is 0 Å². The van der Waals surface area contributed by atoms with Crippen LogP contribution in [0.5, 0.6) is 0 Å². The number of nitrogens with zero attached hydrogens (tertiary/aromatic N) is 3. The van der Waals surface area contributed by atoms with Crippen molar-refractivity contribution in [1.82, 2.24) is 14.9 Å². The normalized spacial score (nSPS) is 18.2. The van der Waals surface area contributed by atoms with Gasteiger partial charge in [0, 0.05) is 23.3 Å². The second-order valence-corrected chi connectivity index (χ2v) is 8.71. The van der Waals surface area contributed by atoms with E-state index < -0.39 is 0 Å². The van der Waals surface area contributed by atoms with Crippen LogP contribution in [-0.2, 0) is 6.54 Å². The number of benzene rings is 1. The number of hydrogen-bond donors (Lipinski definition) is 1.